The van der Waals surface area contributed by atoms with Crippen molar-refractivity contribution in [1.29, 1.82) is 0 Å². The number of ether oxygens (including phenoxy) is 1. The van der Waals surface area contributed by atoms with Crippen molar-refractivity contribution in [2.24, 2.45) is 0 Å². The fourth-order valence-corrected chi connectivity index (χ4v) is 1.59. The van der Waals surface area contributed by atoms with Gasteiger partial charge in [-0.2, -0.15) is 0 Å². The van der Waals surface area contributed by atoms with Crippen LogP contribution in [0.2, 0.25) is 0 Å². The van der Waals surface area contributed by atoms with E-state index in [0.29, 0.717) is 18.8 Å². The van der Waals surface area contributed by atoms with Gasteiger partial charge in [0.25, 0.3) is 0 Å². The molecule has 0 heterocycles. The monoisotopic (exact) mass is 226 g/mol. The van der Waals surface area contributed by atoms with E-state index >= 15 is 0 Å². The zero-order valence-corrected chi connectivity index (χ0v) is 9.87. The summed E-state index contributed by atoms with van der Waals surface area (Å²) in [5, 5.41) is 0. The number of hydrogen-bond donors (Lipinski definition) is 1. The van der Waals surface area contributed by atoms with Crippen LogP contribution in [-0.2, 0) is 11.3 Å². The Hall–Kier alpha value is -1.13. The first kappa shape index (κ1) is 12.9. The first-order chi connectivity index (χ1) is 7.65. The second-order valence-electron chi connectivity index (χ2n) is 3.75. The van der Waals surface area contributed by atoms with Gasteiger partial charge in [0, 0.05) is 25.9 Å². The molecule has 0 unspecified atom stereocenters. The summed E-state index contributed by atoms with van der Waals surface area (Å²) >= 11 is 0. The highest BCUT2D eigenvalue weighted by Gasteiger charge is 2.05. The second-order valence-corrected chi connectivity index (χ2v) is 3.75. The zero-order valence-electron chi connectivity index (χ0n) is 9.87. The van der Waals surface area contributed by atoms with Crippen molar-refractivity contribution in [3.8, 4) is 0 Å². The average Bonchev–Trinajstić information content (AvgIpc) is 2.22. The number of nitrogens with two attached hydrogens (primary N) is 1. The number of anilines is 1. The molecule has 0 atom stereocenters. The predicted molar refractivity (Wildman–Crippen MR) is 63.6 cm³/mol. The predicted octanol–water partition coefficient (Wildman–Crippen LogP) is 1.88. The molecule has 1 aromatic carbocycles. The zero-order chi connectivity index (χ0) is 12.0. The molecule has 2 N–H and O–H groups in total. The minimum absolute atomic E-state index is 0.280. The van der Waals surface area contributed by atoms with Crippen LogP contribution in [0.4, 0.5) is 10.1 Å². The molecule has 0 aliphatic rings. The minimum Gasteiger partial charge on any atom is -0.399 e. The number of halogens is 1. The maximum absolute atomic E-state index is 13.1. The molecule has 1 rings (SSSR count). The van der Waals surface area contributed by atoms with E-state index in [0.717, 1.165) is 18.7 Å². The van der Waals surface area contributed by atoms with E-state index < -0.39 is 0 Å². The van der Waals surface area contributed by atoms with Crippen molar-refractivity contribution in [2.75, 3.05) is 32.5 Å². The van der Waals surface area contributed by atoms with Crippen LogP contribution in [0.25, 0.3) is 0 Å². The van der Waals surface area contributed by atoms with E-state index in [1.165, 1.54) is 12.1 Å². The molecular weight excluding hydrogens is 207 g/mol. The highest BCUT2D eigenvalue weighted by atomic mass is 19.1. The average molecular weight is 226 g/mol. The number of hydrogen-bond acceptors (Lipinski definition) is 3. The summed E-state index contributed by atoms with van der Waals surface area (Å²) in [6.45, 7) is 5.18. The lowest BCUT2D eigenvalue weighted by atomic mass is 10.2. The van der Waals surface area contributed by atoms with Gasteiger partial charge in [-0.25, -0.2) is 4.39 Å². The molecule has 0 saturated heterocycles. The molecule has 0 spiro atoms. The third-order valence-corrected chi connectivity index (χ3v) is 2.44. The Balaban J connectivity index is 2.62. The Morgan fingerprint density at radius 3 is 2.69 bits per heavy atom. The molecule has 3 nitrogen and oxygen atoms in total. The van der Waals surface area contributed by atoms with Gasteiger partial charge in [0.15, 0.2) is 0 Å². The van der Waals surface area contributed by atoms with Gasteiger partial charge in [-0.1, -0.05) is 6.92 Å². The Morgan fingerprint density at radius 1 is 1.38 bits per heavy atom. The lowest BCUT2D eigenvalue weighted by Crippen LogP contribution is -2.26. The smallest absolute Gasteiger partial charge is 0.125 e. The highest BCUT2D eigenvalue weighted by Crippen LogP contribution is 2.12. The van der Waals surface area contributed by atoms with Gasteiger partial charge in [-0.15, -0.1) is 0 Å². The van der Waals surface area contributed by atoms with E-state index in [9.17, 15) is 4.39 Å². The lowest BCUT2D eigenvalue weighted by Gasteiger charge is -2.20. The van der Waals surface area contributed by atoms with Crippen LogP contribution in [-0.4, -0.2) is 31.7 Å². The van der Waals surface area contributed by atoms with E-state index in [-0.39, 0.29) is 5.82 Å². The van der Waals surface area contributed by atoms with Crippen LogP contribution in [0.3, 0.4) is 0 Å². The number of nitrogen functional groups attached to an aromatic ring is 1. The summed E-state index contributed by atoms with van der Waals surface area (Å²) in [5.74, 6) is -0.280. The molecule has 0 bridgehead atoms. The Morgan fingerprint density at radius 2 is 2.12 bits per heavy atom. The standard InChI is InChI=1S/C12H19FN2O/c1-3-15(4-5-16-2)9-10-6-11(13)8-12(14)7-10/h6-8H,3-5,9,14H2,1-2H3. The molecular formula is C12H19FN2O. The summed E-state index contributed by atoms with van der Waals surface area (Å²) < 4.78 is 18.1. The van der Waals surface area contributed by atoms with Gasteiger partial charge in [-0.3, -0.25) is 4.90 Å². The van der Waals surface area contributed by atoms with Gasteiger partial charge in [0.1, 0.15) is 5.82 Å². The molecule has 0 amide bonds. The van der Waals surface area contributed by atoms with Gasteiger partial charge < -0.3 is 10.5 Å². The molecule has 0 radical (unpaired) electrons. The first-order valence-corrected chi connectivity index (χ1v) is 5.42. The van der Waals surface area contributed by atoms with Crippen LogP contribution < -0.4 is 5.73 Å². The fraction of sp³-hybridized carbons (Fsp3) is 0.500. The van der Waals surface area contributed by atoms with Crippen molar-refractivity contribution in [3.05, 3.63) is 29.6 Å². The SMILES string of the molecule is CCN(CCOC)Cc1cc(N)cc(F)c1. The number of rotatable bonds is 6. The van der Waals surface area contributed by atoms with Crippen LogP contribution in [0.15, 0.2) is 18.2 Å². The summed E-state index contributed by atoms with van der Waals surface area (Å²) in [6.07, 6.45) is 0. The van der Waals surface area contributed by atoms with E-state index in [4.69, 9.17) is 10.5 Å². The molecule has 0 aliphatic heterocycles. The maximum atomic E-state index is 13.1. The van der Waals surface area contributed by atoms with Crippen LogP contribution in [0.5, 0.6) is 0 Å². The van der Waals surface area contributed by atoms with Gasteiger partial charge in [-0.05, 0) is 30.3 Å². The number of likely N-dealkylation sites (N-methyl/N-ethyl adjacent to an activating group) is 1. The normalized spacial score (nSPS) is 11.0. The van der Waals surface area contributed by atoms with Crippen LogP contribution in [0.1, 0.15) is 12.5 Å². The molecule has 16 heavy (non-hydrogen) atoms. The van der Waals surface area contributed by atoms with E-state index in [2.05, 4.69) is 11.8 Å². The Kier molecular flexibility index (Phi) is 5.22. The third-order valence-electron chi connectivity index (χ3n) is 2.44. The molecule has 4 heteroatoms. The van der Waals surface area contributed by atoms with Crippen LogP contribution in [0, 0.1) is 5.82 Å². The van der Waals surface area contributed by atoms with Gasteiger partial charge in [0.05, 0.1) is 6.61 Å². The number of methoxy groups -OCH3 is 1. The second kappa shape index (κ2) is 6.45. The summed E-state index contributed by atoms with van der Waals surface area (Å²) in [4.78, 5) is 2.18. The van der Waals surface area contributed by atoms with Gasteiger partial charge in [0.2, 0.25) is 0 Å². The number of nitrogens with zero attached hydrogens (tertiary/aromatic N) is 1. The van der Waals surface area contributed by atoms with Crippen molar-refractivity contribution in [2.45, 2.75) is 13.5 Å². The van der Waals surface area contributed by atoms with Crippen molar-refractivity contribution in [3.63, 3.8) is 0 Å². The summed E-state index contributed by atoms with van der Waals surface area (Å²) in [5.41, 5.74) is 6.96. The quantitative estimate of drug-likeness (QED) is 0.753. The molecule has 1 aromatic rings. The molecule has 0 aromatic heterocycles. The molecule has 0 fully saturated rings. The molecule has 0 aliphatic carbocycles. The fourth-order valence-electron chi connectivity index (χ4n) is 1.59. The summed E-state index contributed by atoms with van der Waals surface area (Å²) in [7, 11) is 1.67. The topological polar surface area (TPSA) is 38.5 Å². The third kappa shape index (κ3) is 4.16. The van der Waals surface area contributed by atoms with Gasteiger partial charge >= 0.3 is 0 Å². The van der Waals surface area contributed by atoms with Crippen molar-refractivity contribution in [1.82, 2.24) is 4.90 Å². The maximum Gasteiger partial charge on any atom is 0.125 e. The largest absolute Gasteiger partial charge is 0.399 e. The Bertz CT molecular complexity index is 311. The first-order valence-electron chi connectivity index (χ1n) is 5.42. The summed E-state index contributed by atoms with van der Waals surface area (Å²) in [6, 6.07) is 4.65. The molecule has 90 valence electrons. The van der Waals surface area contributed by atoms with Crippen molar-refractivity contribution >= 4 is 5.69 Å². The van der Waals surface area contributed by atoms with Crippen molar-refractivity contribution < 1.29 is 9.13 Å². The molecule has 0 saturated carbocycles. The van der Waals surface area contributed by atoms with Crippen LogP contribution >= 0.6 is 0 Å². The lowest BCUT2D eigenvalue weighted by molar-refractivity contribution is 0.147. The van der Waals surface area contributed by atoms with E-state index in [1.807, 2.05) is 0 Å². The minimum atomic E-state index is -0.280. The Labute approximate surface area is 96.0 Å². The number of benzene rings is 1. The highest BCUT2D eigenvalue weighted by molar-refractivity contribution is 5.41. The van der Waals surface area contributed by atoms with E-state index in [1.54, 1.807) is 13.2 Å².